The van der Waals surface area contributed by atoms with Crippen LogP contribution < -0.4 is 16.6 Å². The van der Waals surface area contributed by atoms with E-state index in [2.05, 4.69) is 25.7 Å². The van der Waals surface area contributed by atoms with Gasteiger partial charge in [-0.3, -0.25) is 0 Å². The summed E-state index contributed by atoms with van der Waals surface area (Å²) < 4.78 is 37.9. The molecule has 0 unspecified atom stereocenters. The van der Waals surface area contributed by atoms with Gasteiger partial charge >= 0.3 is 6.18 Å². The second-order valence-corrected chi connectivity index (χ2v) is 4.88. The Bertz CT molecular complexity index is 597. The first kappa shape index (κ1) is 14.5. The van der Waals surface area contributed by atoms with Crippen molar-refractivity contribution in [3.05, 3.63) is 28.0 Å². The van der Waals surface area contributed by atoms with Crippen LogP contribution in [0.4, 0.5) is 24.8 Å². The summed E-state index contributed by atoms with van der Waals surface area (Å²) in [5, 5.41) is 5.45. The lowest BCUT2D eigenvalue weighted by molar-refractivity contribution is -0.144. The van der Waals surface area contributed by atoms with Crippen LogP contribution in [-0.4, -0.2) is 15.0 Å². The quantitative estimate of drug-likeness (QED) is 0.592. The second kappa shape index (κ2) is 5.59. The molecule has 0 saturated heterocycles. The molecular weight excluding hydrogens is 293 g/mol. The minimum Gasteiger partial charge on any atom is -0.364 e. The molecule has 0 aliphatic carbocycles. The van der Waals surface area contributed by atoms with Crippen molar-refractivity contribution < 1.29 is 13.2 Å². The SMILES string of the molecule is Cc1nc(CNc2cc(NN)nc(C(F)(F)F)n2)cs1. The average molecular weight is 304 g/mol. The maximum Gasteiger partial charge on any atom is 0.451 e. The number of alkyl halides is 3. The first-order valence-electron chi connectivity index (χ1n) is 5.46. The highest BCUT2D eigenvalue weighted by Crippen LogP contribution is 2.28. The number of nitrogens with zero attached hydrogens (tertiary/aromatic N) is 3. The number of rotatable bonds is 4. The van der Waals surface area contributed by atoms with E-state index in [1.807, 2.05) is 12.3 Å². The lowest BCUT2D eigenvalue weighted by atomic mass is 10.4. The van der Waals surface area contributed by atoms with Crippen molar-refractivity contribution in [3.8, 4) is 0 Å². The first-order chi connectivity index (χ1) is 9.38. The number of anilines is 2. The molecule has 108 valence electrons. The molecule has 0 fully saturated rings. The van der Waals surface area contributed by atoms with Gasteiger partial charge in [-0.1, -0.05) is 0 Å². The third-order valence-corrected chi connectivity index (χ3v) is 3.07. The summed E-state index contributed by atoms with van der Waals surface area (Å²) in [5.41, 5.74) is 2.80. The number of aryl methyl sites for hydroxylation is 1. The Balaban J connectivity index is 2.18. The molecule has 2 heterocycles. The van der Waals surface area contributed by atoms with Crippen LogP contribution in [0.3, 0.4) is 0 Å². The molecule has 4 N–H and O–H groups in total. The number of aromatic nitrogens is 3. The van der Waals surface area contributed by atoms with Crippen LogP contribution in [0.1, 0.15) is 16.5 Å². The number of thiazole rings is 1. The van der Waals surface area contributed by atoms with Crippen molar-refractivity contribution in [1.29, 1.82) is 0 Å². The smallest absolute Gasteiger partial charge is 0.364 e. The van der Waals surface area contributed by atoms with Crippen LogP contribution in [-0.2, 0) is 12.7 Å². The van der Waals surface area contributed by atoms with E-state index in [1.165, 1.54) is 17.4 Å². The van der Waals surface area contributed by atoms with E-state index >= 15 is 0 Å². The van der Waals surface area contributed by atoms with Gasteiger partial charge in [0.15, 0.2) is 0 Å². The molecule has 6 nitrogen and oxygen atoms in total. The highest BCUT2D eigenvalue weighted by molar-refractivity contribution is 7.09. The zero-order chi connectivity index (χ0) is 14.8. The van der Waals surface area contributed by atoms with Crippen molar-refractivity contribution >= 4 is 23.0 Å². The van der Waals surface area contributed by atoms with Crippen molar-refractivity contribution in [1.82, 2.24) is 15.0 Å². The molecule has 0 saturated carbocycles. The Labute approximate surface area is 116 Å². The number of hydrogen-bond acceptors (Lipinski definition) is 7. The topological polar surface area (TPSA) is 88.8 Å². The summed E-state index contributed by atoms with van der Waals surface area (Å²) in [5.74, 6) is 3.73. The summed E-state index contributed by atoms with van der Waals surface area (Å²) >= 11 is 1.46. The highest BCUT2D eigenvalue weighted by Gasteiger charge is 2.35. The monoisotopic (exact) mass is 304 g/mol. The maximum atomic E-state index is 12.6. The number of nitrogens with two attached hydrogens (primary N) is 1. The van der Waals surface area contributed by atoms with Gasteiger partial charge in [0.05, 0.1) is 17.2 Å². The lowest BCUT2D eigenvalue weighted by Gasteiger charge is -2.10. The van der Waals surface area contributed by atoms with Gasteiger partial charge in [-0.15, -0.1) is 11.3 Å². The van der Waals surface area contributed by atoms with Gasteiger partial charge in [0.2, 0.25) is 5.82 Å². The zero-order valence-corrected chi connectivity index (χ0v) is 11.1. The van der Waals surface area contributed by atoms with E-state index in [9.17, 15) is 13.2 Å². The molecule has 2 aromatic rings. The number of hydrazine groups is 1. The molecule has 0 amide bonds. The third kappa shape index (κ3) is 3.54. The molecule has 0 aromatic carbocycles. The van der Waals surface area contributed by atoms with E-state index in [-0.39, 0.29) is 18.2 Å². The van der Waals surface area contributed by atoms with Crippen molar-refractivity contribution in [2.45, 2.75) is 19.6 Å². The van der Waals surface area contributed by atoms with Gasteiger partial charge in [-0.25, -0.2) is 20.8 Å². The Kier molecular flexibility index (Phi) is 4.04. The standard InChI is InChI=1S/C10H11F3N6S/c1-5-16-6(4-20-5)3-15-7-2-8(19-14)18-9(17-7)10(11,12)13/h2,4H,3,14H2,1H3,(H2,15,17,18,19). The Morgan fingerprint density at radius 2 is 1.95 bits per heavy atom. The van der Waals surface area contributed by atoms with E-state index in [1.54, 1.807) is 0 Å². The second-order valence-electron chi connectivity index (χ2n) is 3.82. The van der Waals surface area contributed by atoms with Crippen molar-refractivity contribution in [2.75, 3.05) is 10.7 Å². The van der Waals surface area contributed by atoms with Crippen LogP contribution in [0.15, 0.2) is 11.4 Å². The van der Waals surface area contributed by atoms with E-state index in [0.29, 0.717) is 0 Å². The normalized spacial score (nSPS) is 11.4. The third-order valence-electron chi connectivity index (χ3n) is 2.24. The number of halogens is 3. The minimum absolute atomic E-state index is 0.0194. The molecule has 10 heteroatoms. The molecular formula is C10H11F3N6S. The largest absolute Gasteiger partial charge is 0.451 e. The molecule has 0 aliphatic rings. The van der Waals surface area contributed by atoms with Crippen LogP contribution in [0.5, 0.6) is 0 Å². The zero-order valence-electron chi connectivity index (χ0n) is 10.3. The maximum absolute atomic E-state index is 12.6. The van der Waals surface area contributed by atoms with Gasteiger partial charge in [0.1, 0.15) is 11.6 Å². The van der Waals surface area contributed by atoms with Crippen molar-refractivity contribution in [2.24, 2.45) is 5.84 Å². The minimum atomic E-state index is -4.64. The van der Waals surface area contributed by atoms with Crippen LogP contribution in [0.2, 0.25) is 0 Å². The predicted octanol–water partition coefficient (Wildman–Crippen LogP) is 2.16. The summed E-state index contributed by atoms with van der Waals surface area (Å²) in [6, 6.07) is 1.29. The Morgan fingerprint density at radius 3 is 2.50 bits per heavy atom. The fraction of sp³-hybridized carbons (Fsp3) is 0.300. The molecule has 0 spiro atoms. The average Bonchev–Trinajstić information content (AvgIpc) is 2.81. The number of nitrogens with one attached hydrogen (secondary N) is 2. The molecule has 2 rings (SSSR count). The van der Waals surface area contributed by atoms with Crippen molar-refractivity contribution in [3.63, 3.8) is 0 Å². The van der Waals surface area contributed by atoms with Crippen LogP contribution in [0.25, 0.3) is 0 Å². The summed E-state index contributed by atoms with van der Waals surface area (Å²) in [6.07, 6.45) is -4.64. The summed E-state index contributed by atoms with van der Waals surface area (Å²) in [4.78, 5) is 10.9. The number of nitrogen functional groups attached to an aromatic ring is 1. The van der Waals surface area contributed by atoms with E-state index in [0.717, 1.165) is 10.7 Å². The highest BCUT2D eigenvalue weighted by atomic mass is 32.1. The summed E-state index contributed by atoms with van der Waals surface area (Å²) in [6.45, 7) is 2.11. The fourth-order valence-electron chi connectivity index (χ4n) is 1.41. The fourth-order valence-corrected chi connectivity index (χ4v) is 2.02. The first-order valence-corrected chi connectivity index (χ1v) is 6.34. The Hall–Kier alpha value is -1.94. The van der Waals surface area contributed by atoms with Gasteiger partial charge in [-0.2, -0.15) is 13.2 Å². The van der Waals surface area contributed by atoms with E-state index in [4.69, 9.17) is 5.84 Å². The van der Waals surface area contributed by atoms with Gasteiger partial charge < -0.3 is 10.7 Å². The summed E-state index contributed by atoms with van der Waals surface area (Å²) in [7, 11) is 0. The Morgan fingerprint density at radius 1 is 1.25 bits per heavy atom. The molecule has 20 heavy (non-hydrogen) atoms. The molecule has 2 aromatic heterocycles. The predicted molar refractivity (Wildman–Crippen MR) is 69.0 cm³/mol. The molecule has 0 aliphatic heterocycles. The van der Waals surface area contributed by atoms with Crippen LogP contribution >= 0.6 is 11.3 Å². The number of hydrogen-bond donors (Lipinski definition) is 3. The van der Waals surface area contributed by atoms with E-state index < -0.39 is 12.0 Å². The molecule has 0 bridgehead atoms. The van der Waals surface area contributed by atoms with Gasteiger partial charge in [-0.05, 0) is 6.92 Å². The molecule has 0 radical (unpaired) electrons. The van der Waals surface area contributed by atoms with Crippen LogP contribution in [0, 0.1) is 6.92 Å². The molecule has 0 atom stereocenters. The lowest BCUT2D eigenvalue weighted by Crippen LogP contribution is -2.17. The van der Waals surface area contributed by atoms with Gasteiger partial charge in [0, 0.05) is 11.4 Å². The van der Waals surface area contributed by atoms with Gasteiger partial charge in [0.25, 0.3) is 0 Å².